The van der Waals surface area contributed by atoms with E-state index in [-0.39, 0.29) is 5.95 Å². The Bertz CT molecular complexity index is 849. The first-order valence-corrected chi connectivity index (χ1v) is 8.01. The van der Waals surface area contributed by atoms with E-state index < -0.39 is 0 Å². The molecule has 4 rings (SSSR count). The topological polar surface area (TPSA) is 103 Å². The third-order valence-electron chi connectivity index (χ3n) is 3.90. The molecule has 0 radical (unpaired) electrons. The fourth-order valence-corrected chi connectivity index (χ4v) is 2.60. The van der Waals surface area contributed by atoms with E-state index in [0.29, 0.717) is 19.2 Å². The summed E-state index contributed by atoms with van der Waals surface area (Å²) in [4.78, 5) is 24.0. The van der Waals surface area contributed by atoms with Gasteiger partial charge in [0.2, 0.25) is 11.9 Å². The molecule has 3 aromatic heterocycles. The fraction of sp³-hybridized carbons (Fsp3) is 0.235. The zero-order valence-electron chi connectivity index (χ0n) is 13.5. The van der Waals surface area contributed by atoms with Gasteiger partial charge in [-0.3, -0.25) is 4.98 Å². The molecule has 1 aliphatic heterocycles. The lowest BCUT2D eigenvalue weighted by atomic mass is 10.2. The number of nitrogen functional groups attached to an aromatic ring is 1. The van der Waals surface area contributed by atoms with Crippen LogP contribution in [0.25, 0.3) is 22.6 Å². The van der Waals surface area contributed by atoms with E-state index in [1.54, 1.807) is 18.6 Å². The number of nitrogens with two attached hydrogens (primary N) is 1. The van der Waals surface area contributed by atoms with Gasteiger partial charge in [-0.15, -0.1) is 0 Å². The van der Waals surface area contributed by atoms with Crippen LogP contribution in [0.1, 0.15) is 0 Å². The van der Waals surface area contributed by atoms with E-state index in [4.69, 9.17) is 20.4 Å². The molecule has 0 unspecified atom stereocenters. The monoisotopic (exact) mass is 335 g/mol. The van der Waals surface area contributed by atoms with E-state index in [2.05, 4.69) is 19.9 Å². The van der Waals surface area contributed by atoms with Crippen LogP contribution in [0, 0.1) is 0 Å². The van der Waals surface area contributed by atoms with Crippen molar-refractivity contribution in [2.45, 2.75) is 0 Å². The van der Waals surface area contributed by atoms with Crippen molar-refractivity contribution in [1.82, 2.24) is 24.9 Å². The maximum atomic E-state index is 5.59. The third-order valence-corrected chi connectivity index (χ3v) is 3.90. The number of pyridine rings is 1. The highest BCUT2D eigenvalue weighted by Crippen LogP contribution is 2.25. The van der Waals surface area contributed by atoms with Gasteiger partial charge >= 0.3 is 0 Å². The lowest BCUT2D eigenvalue weighted by molar-refractivity contribution is 0.122. The zero-order valence-corrected chi connectivity index (χ0v) is 13.5. The number of hydrogen-bond donors (Lipinski definition) is 1. The van der Waals surface area contributed by atoms with Gasteiger partial charge in [0.05, 0.1) is 30.3 Å². The number of aromatic nitrogens is 5. The second kappa shape index (κ2) is 6.78. The molecule has 126 valence electrons. The predicted octanol–water partition coefficient (Wildman–Crippen LogP) is 1.41. The minimum atomic E-state index is 0.233. The van der Waals surface area contributed by atoms with Gasteiger partial charge in [0.15, 0.2) is 0 Å². The van der Waals surface area contributed by atoms with E-state index in [1.807, 2.05) is 24.3 Å². The average Bonchev–Trinajstić information content (AvgIpc) is 2.69. The highest BCUT2D eigenvalue weighted by atomic mass is 16.5. The SMILES string of the molecule is Nc1ncc(-c2cc(-c3ccccn3)nc(N3CCOCC3)n2)cn1. The molecule has 8 heteroatoms. The number of nitrogens with zero attached hydrogens (tertiary/aromatic N) is 6. The number of anilines is 2. The Morgan fingerprint density at radius 1 is 0.920 bits per heavy atom. The quantitative estimate of drug-likeness (QED) is 0.766. The number of morpholine rings is 1. The van der Waals surface area contributed by atoms with E-state index in [0.717, 1.165) is 35.7 Å². The van der Waals surface area contributed by atoms with Crippen LogP contribution < -0.4 is 10.6 Å². The first kappa shape index (κ1) is 15.4. The van der Waals surface area contributed by atoms with Crippen LogP contribution >= 0.6 is 0 Å². The van der Waals surface area contributed by atoms with E-state index in [1.165, 1.54) is 0 Å². The van der Waals surface area contributed by atoms with Gasteiger partial charge < -0.3 is 15.4 Å². The summed E-state index contributed by atoms with van der Waals surface area (Å²) in [6.07, 6.45) is 5.07. The Balaban J connectivity index is 1.81. The molecule has 0 atom stereocenters. The van der Waals surface area contributed by atoms with Gasteiger partial charge in [-0.25, -0.2) is 19.9 Å². The molecule has 0 amide bonds. The molecule has 0 spiro atoms. The molecule has 3 aromatic rings. The van der Waals surface area contributed by atoms with Crippen molar-refractivity contribution in [3.05, 3.63) is 42.9 Å². The molecule has 0 aliphatic carbocycles. The maximum absolute atomic E-state index is 5.59. The molecule has 1 aliphatic rings. The molecule has 0 saturated carbocycles. The largest absolute Gasteiger partial charge is 0.378 e. The highest BCUT2D eigenvalue weighted by molar-refractivity contribution is 5.67. The van der Waals surface area contributed by atoms with E-state index >= 15 is 0 Å². The summed E-state index contributed by atoms with van der Waals surface area (Å²) in [5, 5.41) is 0. The van der Waals surface area contributed by atoms with Crippen molar-refractivity contribution in [2.75, 3.05) is 36.9 Å². The van der Waals surface area contributed by atoms with Gasteiger partial charge in [0.1, 0.15) is 0 Å². The number of hydrogen-bond acceptors (Lipinski definition) is 8. The van der Waals surface area contributed by atoms with E-state index in [9.17, 15) is 0 Å². The fourth-order valence-electron chi connectivity index (χ4n) is 2.60. The van der Waals surface area contributed by atoms with Crippen LogP contribution in [0.3, 0.4) is 0 Å². The molecular weight excluding hydrogens is 318 g/mol. The van der Waals surface area contributed by atoms with Crippen molar-refractivity contribution in [3.8, 4) is 22.6 Å². The minimum Gasteiger partial charge on any atom is -0.378 e. The molecule has 4 heterocycles. The summed E-state index contributed by atoms with van der Waals surface area (Å²) < 4.78 is 5.42. The first-order valence-electron chi connectivity index (χ1n) is 8.01. The first-order chi connectivity index (χ1) is 12.3. The van der Waals surface area contributed by atoms with Crippen LogP contribution in [0.15, 0.2) is 42.9 Å². The van der Waals surface area contributed by atoms with Gasteiger partial charge in [-0.05, 0) is 18.2 Å². The minimum absolute atomic E-state index is 0.233. The summed E-state index contributed by atoms with van der Waals surface area (Å²) in [5.74, 6) is 0.884. The molecule has 8 nitrogen and oxygen atoms in total. The summed E-state index contributed by atoms with van der Waals surface area (Å²) in [6, 6.07) is 7.63. The van der Waals surface area contributed by atoms with Gasteiger partial charge in [0, 0.05) is 37.2 Å². The van der Waals surface area contributed by atoms with Crippen LogP contribution in [-0.4, -0.2) is 51.2 Å². The number of rotatable bonds is 3. The van der Waals surface area contributed by atoms with Crippen molar-refractivity contribution in [1.29, 1.82) is 0 Å². The van der Waals surface area contributed by atoms with Crippen molar-refractivity contribution < 1.29 is 4.74 Å². The molecule has 2 N–H and O–H groups in total. The van der Waals surface area contributed by atoms with Gasteiger partial charge in [0.25, 0.3) is 0 Å². The van der Waals surface area contributed by atoms with Crippen LogP contribution in [0.4, 0.5) is 11.9 Å². The summed E-state index contributed by atoms with van der Waals surface area (Å²) in [7, 11) is 0. The van der Waals surface area contributed by atoms with Crippen LogP contribution in [0.5, 0.6) is 0 Å². The average molecular weight is 335 g/mol. The number of ether oxygens (including phenoxy) is 1. The highest BCUT2D eigenvalue weighted by Gasteiger charge is 2.17. The normalized spacial score (nSPS) is 14.5. The Kier molecular flexibility index (Phi) is 4.17. The summed E-state index contributed by atoms with van der Waals surface area (Å²) >= 11 is 0. The molecular formula is C17H17N7O. The lowest BCUT2D eigenvalue weighted by Crippen LogP contribution is -2.37. The second-order valence-electron chi connectivity index (χ2n) is 5.58. The molecule has 25 heavy (non-hydrogen) atoms. The van der Waals surface area contributed by atoms with Crippen molar-refractivity contribution in [3.63, 3.8) is 0 Å². The molecule has 1 fully saturated rings. The lowest BCUT2D eigenvalue weighted by Gasteiger charge is -2.27. The standard InChI is InChI=1S/C17H17N7O/c18-16-20-10-12(11-21-16)14-9-15(13-3-1-2-4-19-13)23-17(22-14)24-5-7-25-8-6-24/h1-4,9-11H,5-8H2,(H2,18,20,21). The van der Waals surface area contributed by atoms with Crippen molar-refractivity contribution >= 4 is 11.9 Å². The predicted molar refractivity (Wildman–Crippen MR) is 93.7 cm³/mol. The van der Waals surface area contributed by atoms with Crippen LogP contribution in [0.2, 0.25) is 0 Å². The molecule has 1 saturated heterocycles. The summed E-state index contributed by atoms with van der Waals surface area (Å²) in [5.41, 5.74) is 8.64. The zero-order chi connectivity index (χ0) is 17.1. The summed E-state index contributed by atoms with van der Waals surface area (Å²) in [6.45, 7) is 2.83. The Morgan fingerprint density at radius 3 is 2.40 bits per heavy atom. The smallest absolute Gasteiger partial charge is 0.226 e. The van der Waals surface area contributed by atoms with Gasteiger partial charge in [-0.1, -0.05) is 6.07 Å². The Morgan fingerprint density at radius 2 is 1.68 bits per heavy atom. The third kappa shape index (κ3) is 3.38. The van der Waals surface area contributed by atoms with Crippen molar-refractivity contribution in [2.24, 2.45) is 0 Å². The second-order valence-corrected chi connectivity index (χ2v) is 5.58. The Hall–Kier alpha value is -3.13. The maximum Gasteiger partial charge on any atom is 0.226 e. The molecule has 0 aromatic carbocycles. The molecule has 0 bridgehead atoms. The van der Waals surface area contributed by atoms with Crippen LogP contribution in [-0.2, 0) is 4.74 Å². The Labute approximate surface area is 144 Å². The van der Waals surface area contributed by atoms with Gasteiger partial charge in [-0.2, -0.15) is 0 Å².